The maximum Gasteiger partial charge on any atom is 0.323 e. The summed E-state index contributed by atoms with van der Waals surface area (Å²) in [7, 11) is 3.91. The molecule has 0 spiro atoms. The summed E-state index contributed by atoms with van der Waals surface area (Å²) < 4.78 is 0. The van der Waals surface area contributed by atoms with E-state index < -0.39 is 11.5 Å². The number of nitrogens with one attached hydrogen (secondary N) is 1. The number of nitrogens with zero attached hydrogens (tertiary/aromatic N) is 2. The molecule has 1 heterocycles. The molecule has 5 nitrogen and oxygen atoms in total. The third-order valence-corrected chi connectivity index (χ3v) is 4.61. The van der Waals surface area contributed by atoms with Gasteiger partial charge in [-0.15, -0.1) is 0 Å². The molecule has 1 aliphatic heterocycles. The van der Waals surface area contributed by atoms with E-state index in [2.05, 4.69) is 29.1 Å². The second-order valence-corrected chi connectivity index (χ2v) is 5.72. The molecular formula is C14H29N3O2. The maximum absolute atomic E-state index is 11.4. The molecule has 0 aliphatic carbocycles. The van der Waals surface area contributed by atoms with Crippen LogP contribution in [0, 0.1) is 0 Å². The highest BCUT2D eigenvalue weighted by Gasteiger charge is 2.34. The number of hydrogen-bond acceptors (Lipinski definition) is 4. The van der Waals surface area contributed by atoms with Crippen molar-refractivity contribution in [2.24, 2.45) is 0 Å². The summed E-state index contributed by atoms with van der Waals surface area (Å²) in [6.45, 7) is 8.45. The fourth-order valence-electron chi connectivity index (χ4n) is 2.78. The fourth-order valence-corrected chi connectivity index (χ4v) is 2.78. The number of carboxylic acids is 1. The lowest BCUT2D eigenvalue weighted by molar-refractivity contribution is -0.145. The van der Waals surface area contributed by atoms with Gasteiger partial charge in [0.25, 0.3) is 0 Å². The van der Waals surface area contributed by atoms with E-state index in [1.54, 1.807) is 7.05 Å². The van der Waals surface area contributed by atoms with E-state index in [-0.39, 0.29) is 0 Å². The van der Waals surface area contributed by atoms with E-state index in [9.17, 15) is 9.90 Å². The molecule has 2 N–H and O–H groups in total. The van der Waals surface area contributed by atoms with Crippen LogP contribution in [0.2, 0.25) is 0 Å². The van der Waals surface area contributed by atoms with Crippen LogP contribution < -0.4 is 5.32 Å². The van der Waals surface area contributed by atoms with Crippen molar-refractivity contribution in [1.29, 1.82) is 0 Å². The Morgan fingerprint density at radius 2 is 2.16 bits per heavy atom. The zero-order valence-corrected chi connectivity index (χ0v) is 12.8. The number of rotatable bonds is 7. The molecule has 1 rings (SSSR count). The van der Waals surface area contributed by atoms with Crippen LogP contribution in [0.5, 0.6) is 0 Å². The zero-order valence-electron chi connectivity index (χ0n) is 12.8. The van der Waals surface area contributed by atoms with Gasteiger partial charge >= 0.3 is 5.97 Å². The third-order valence-electron chi connectivity index (χ3n) is 4.61. The first-order valence-corrected chi connectivity index (χ1v) is 7.30. The van der Waals surface area contributed by atoms with Crippen molar-refractivity contribution in [3.05, 3.63) is 0 Å². The van der Waals surface area contributed by atoms with Gasteiger partial charge in [0, 0.05) is 25.7 Å². The maximum atomic E-state index is 11.4. The van der Waals surface area contributed by atoms with Crippen molar-refractivity contribution in [3.8, 4) is 0 Å². The molecule has 2 atom stereocenters. The SMILES string of the molecule is CCC(CCCN1CCN(C)C(C)C1)(NC)C(=O)O. The van der Waals surface area contributed by atoms with E-state index in [1.807, 2.05) is 6.92 Å². The Labute approximate surface area is 117 Å². The normalized spacial score (nSPS) is 25.2. The highest BCUT2D eigenvalue weighted by Crippen LogP contribution is 2.18. The molecule has 0 aromatic heterocycles. The third kappa shape index (κ3) is 4.16. The van der Waals surface area contributed by atoms with Crippen molar-refractivity contribution in [2.75, 3.05) is 40.3 Å². The molecule has 0 bridgehead atoms. The number of aliphatic carboxylic acids is 1. The summed E-state index contributed by atoms with van der Waals surface area (Å²) in [4.78, 5) is 16.2. The van der Waals surface area contributed by atoms with Crippen molar-refractivity contribution in [1.82, 2.24) is 15.1 Å². The zero-order chi connectivity index (χ0) is 14.5. The van der Waals surface area contributed by atoms with Crippen molar-refractivity contribution >= 4 is 5.97 Å². The van der Waals surface area contributed by atoms with Gasteiger partial charge in [0.05, 0.1) is 0 Å². The van der Waals surface area contributed by atoms with E-state index in [0.717, 1.165) is 32.6 Å². The van der Waals surface area contributed by atoms with E-state index in [4.69, 9.17) is 0 Å². The quantitative estimate of drug-likeness (QED) is 0.719. The highest BCUT2D eigenvalue weighted by molar-refractivity contribution is 5.78. The molecule has 0 saturated carbocycles. The van der Waals surface area contributed by atoms with Crippen molar-refractivity contribution in [2.45, 2.75) is 44.7 Å². The van der Waals surface area contributed by atoms with E-state index in [0.29, 0.717) is 18.9 Å². The average Bonchev–Trinajstić information content (AvgIpc) is 2.39. The summed E-state index contributed by atoms with van der Waals surface area (Å²) in [5.41, 5.74) is -0.752. The molecule has 1 fully saturated rings. The average molecular weight is 271 g/mol. The van der Waals surface area contributed by atoms with Gasteiger partial charge in [-0.3, -0.25) is 4.79 Å². The summed E-state index contributed by atoms with van der Waals surface area (Å²) in [5.74, 6) is -0.732. The van der Waals surface area contributed by atoms with Crippen LogP contribution in [0.1, 0.15) is 33.1 Å². The molecule has 1 saturated heterocycles. The van der Waals surface area contributed by atoms with Gasteiger partial charge < -0.3 is 20.2 Å². The van der Waals surface area contributed by atoms with Crippen LogP contribution >= 0.6 is 0 Å². The second kappa shape index (κ2) is 7.22. The lowest BCUT2D eigenvalue weighted by atomic mass is 9.90. The van der Waals surface area contributed by atoms with Gasteiger partial charge in [0.15, 0.2) is 0 Å². The van der Waals surface area contributed by atoms with Gasteiger partial charge in [0.1, 0.15) is 5.54 Å². The Morgan fingerprint density at radius 3 is 2.63 bits per heavy atom. The molecule has 5 heteroatoms. The minimum atomic E-state index is -0.752. The van der Waals surface area contributed by atoms with Crippen LogP contribution in [-0.4, -0.2) is 72.7 Å². The van der Waals surface area contributed by atoms with Crippen LogP contribution in [0.15, 0.2) is 0 Å². The molecule has 0 aromatic carbocycles. The predicted molar refractivity (Wildman–Crippen MR) is 77.5 cm³/mol. The number of carboxylic acid groups (broad SMARTS) is 1. The molecule has 1 aliphatic rings. The Hall–Kier alpha value is -0.650. The number of likely N-dealkylation sites (N-methyl/N-ethyl adjacent to an activating group) is 2. The molecule has 0 amide bonds. The molecular weight excluding hydrogens is 242 g/mol. The van der Waals surface area contributed by atoms with Gasteiger partial charge in [-0.2, -0.15) is 0 Å². The molecule has 0 aromatic rings. The molecule has 112 valence electrons. The number of carbonyl (C=O) groups is 1. The summed E-state index contributed by atoms with van der Waals surface area (Å²) in [5, 5.41) is 12.3. The first-order valence-electron chi connectivity index (χ1n) is 7.30. The highest BCUT2D eigenvalue weighted by atomic mass is 16.4. The Kier molecular flexibility index (Phi) is 6.23. The lowest BCUT2D eigenvalue weighted by Gasteiger charge is -2.38. The largest absolute Gasteiger partial charge is 0.480 e. The van der Waals surface area contributed by atoms with Gasteiger partial charge in [0.2, 0.25) is 0 Å². The van der Waals surface area contributed by atoms with Crippen LogP contribution in [0.3, 0.4) is 0 Å². The van der Waals surface area contributed by atoms with Crippen molar-refractivity contribution in [3.63, 3.8) is 0 Å². The lowest BCUT2D eigenvalue weighted by Crippen LogP contribution is -2.52. The van der Waals surface area contributed by atoms with Crippen molar-refractivity contribution < 1.29 is 9.90 Å². The van der Waals surface area contributed by atoms with E-state index >= 15 is 0 Å². The minimum absolute atomic E-state index is 0.591. The summed E-state index contributed by atoms with van der Waals surface area (Å²) >= 11 is 0. The summed E-state index contributed by atoms with van der Waals surface area (Å²) in [6.07, 6.45) is 2.24. The van der Waals surface area contributed by atoms with Crippen LogP contribution in [0.4, 0.5) is 0 Å². The second-order valence-electron chi connectivity index (χ2n) is 5.72. The summed E-state index contributed by atoms with van der Waals surface area (Å²) in [6, 6.07) is 0.591. The predicted octanol–water partition coefficient (Wildman–Crippen LogP) is 0.855. The standard InChI is InChI=1S/C14H29N3O2/c1-5-14(15-3,13(18)19)7-6-8-17-10-9-16(4)12(2)11-17/h12,15H,5-11H2,1-4H3,(H,18,19). The van der Waals surface area contributed by atoms with Crippen LogP contribution in [-0.2, 0) is 4.79 Å². The number of hydrogen-bond donors (Lipinski definition) is 2. The first-order chi connectivity index (χ1) is 8.95. The minimum Gasteiger partial charge on any atom is -0.480 e. The Morgan fingerprint density at radius 1 is 1.47 bits per heavy atom. The first kappa shape index (κ1) is 16.4. The number of piperazine rings is 1. The van der Waals surface area contributed by atoms with E-state index in [1.165, 1.54) is 0 Å². The topological polar surface area (TPSA) is 55.8 Å². The Bertz CT molecular complexity index is 292. The molecule has 0 radical (unpaired) electrons. The smallest absolute Gasteiger partial charge is 0.323 e. The van der Waals surface area contributed by atoms with Crippen LogP contribution in [0.25, 0.3) is 0 Å². The monoisotopic (exact) mass is 271 g/mol. The molecule has 19 heavy (non-hydrogen) atoms. The van der Waals surface area contributed by atoms with Gasteiger partial charge in [-0.25, -0.2) is 0 Å². The van der Waals surface area contributed by atoms with Gasteiger partial charge in [-0.1, -0.05) is 6.92 Å². The van der Waals surface area contributed by atoms with Gasteiger partial charge in [-0.05, 0) is 46.8 Å². The fraction of sp³-hybridized carbons (Fsp3) is 0.929. The Balaban J connectivity index is 2.39. The molecule has 2 unspecified atom stereocenters.